The van der Waals surface area contributed by atoms with E-state index in [4.69, 9.17) is 0 Å². The number of hydrogen-bond acceptors (Lipinski definition) is 3. The minimum absolute atomic E-state index is 0.00676. The fraction of sp³-hybridized carbons (Fsp3) is 0.769. The molecule has 0 spiro atoms. The maximum absolute atomic E-state index is 12.0. The van der Waals surface area contributed by atoms with Crippen LogP contribution in [0.25, 0.3) is 0 Å². The summed E-state index contributed by atoms with van der Waals surface area (Å²) < 4.78 is 0. The molecule has 2 saturated heterocycles. The lowest BCUT2D eigenvalue weighted by molar-refractivity contribution is -0.133. The number of rotatable bonds is 3. The molecule has 2 rings (SSSR count). The summed E-state index contributed by atoms with van der Waals surface area (Å²) in [5.41, 5.74) is 0. The molecule has 1 unspecified atom stereocenters. The van der Waals surface area contributed by atoms with Gasteiger partial charge in [0.1, 0.15) is 0 Å². The third kappa shape index (κ3) is 3.68. The average molecular weight is 267 g/mol. The molecule has 2 aliphatic heterocycles. The molecule has 0 aromatic heterocycles. The highest BCUT2D eigenvalue weighted by Crippen LogP contribution is 2.17. The van der Waals surface area contributed by atoms with Gasteiger partial charge in [-0.3, -0.25) is 14.4 Å². The number of amides is 3. The Balaban J connectivity index is 1.69. The van der Waals surface area contributed by atoms with Crippen molar-refractivity contribution in [2.24, 2.45) is 5.92 Å². The molecule has 6 nitrogen and oxygen atoms in total. The summed E-state index contributed by atoms with van der Waals surface area (Å²) in [4.78, 5) is 36.0. The van der Waals surface area contributed by atoms with Crippen molar-refractivity contribution in [2.75, 3.05) is 19.6 Å². The molecule has 0 radical (unpaired) electrons. The molecule has 0 aromatic carbocycles. The second-order valence-corrected chi connectivity index (χ2v) is 5.33. The molecule has 3 amide bonds. The molecule has 0 saturated carbocycles. The lowest BCUT2D eigenvalue weighted by atomic mass is 9.96. The van der Waals surface area contributed by atoms with Crippen LogP contribution in [0.5, 0.6) is 0 Å². The molecule has 2 fully saturated rings. The van der Waals surface area contributed by atoms with Crippen LogP contribution in [0.4, 0.5) is 0 Å². The number of carbonyl (C=O) groups is 3. The van der Waals surface area contributed by atoms with Crippen LogP contribution in [0.1, 0.15) is 32.6 Å². The van der Waals surface area contributed by atoms with E-state index >= 15 is 0 Å². The van der Waals surface area contributed by atoms with E-state index in [1.807, 2.05) is 0 Å². The first-order chi connectivity index (χ1) is 9.06. The number of likely N-dealkylation sites (tertiary alicyclic amines) is 1. The monoisotopic (exact) mass is 267 g/mol. The molecule has 6 heteroatoms. The smallest absolute Gasteiger partial charge is 0.223 e. The van der Waals surface area contributed by atoms with Gasteiger partial charge in [0.05, 0.1) is 0 Å². The molecular weight excluding hydrogens is 246 g/mol. The van der Waals surface area contributed by atoms with Gasteiger partial charge in [-0.2, -0.15) is 0 Å². The van der Waals surface area contributed by atoms with Crippen molar-refractivity contribution in [1.29, 1.82) is 0 Å². The van der Waals surface area contributed by atoms with E-state index < -0.39 is 0 Å². The van der Waals surface area contributed by atoms with Crippen LogP contribution in [0, 0.1) is 5.92 Å². The van der Waals surface area contributed by atoms with E-state index in [0.717, 1.165) is 19.3 Å². The second kappa shape index (κ2) is 6.04. The predicted molar refractivity (Wildman–Crippen MR) is 69.2 cm³/mol. The van der Waals surface area contributed by atoms with Crippen LogP contribution in [-0.2, 0) is 14.4 Å². The predicted octanol–water partition coefficient (Wildman–Crippen LogP) is -0.360. The van der Waals surface area contributed by atoms with Gasteiger partial charge < -0.3 is 15.5 Å². The van der Waals surface area contributed by atoms with Crippen LogP contribution in [0.3, 0.4) is 0 Å². The first kappa shape index (κ1) is 13.8. The molecule has 2 heterocycles. The number of nitrogens with one attached hydrogen (secondary N) is 2. The summed E-state index contributed by atoms with van der Waals surface area (Å²) >= 11 is 0. The molecule has 2 aliphatic rings. The Hall–Kier alpha value is -1.59. The fourth-order valence-corrected chi connectivity index (χ4v) is 2.66. The Bertz CT molecular complexity index is 375. The maximum Gasteiger partial charge on any atom is 0.223 e. The largest absolute Gasteiger partial charge is 0.354 e. The Morgan fingerprint density at radius 3 is 2.53 bits per heavy atom. The van der Waals surface area contributed by atoms with E-state index in [1.165, 1.54) is 0 Å². The fourth-order valence-electron chi connectivity index (χ4n) is 2.66. The van der Waals surface area contributed by atoms with Crippen LogP contribution in [0.15, 0.2) is 0 Å². The molecule has 0 aromatic rings. The quantitative estimate of drug-likeness (QED) is 0.733. The maximum atomic E-state index is 12.0. The minimum Gasteiger partial charge on any atom is -0.354 e. The highest BCUT2D eigenvalue weighted by molar-refractivity contribution is 5.80. The summed E-state index contributed by atoms with van der Waals surface area (Å²) in [6.07, 6.45) is 2.80. The van der Waals surface area contributed by atoms with Gasteiger partial charge in [0.25, 0.3) is 0 Å². The Morgan fingerprint density at radius 1 is 1.32 bits per heavy atom. The van der Waals surface area contributed by atoms with Crippen LogP contribution in [0.2, 0.25) is 0 Å². The molecule has 2 N–H and O–H groups in total. The van der Waals surface area contributed by atoms with Gasteiger partial charge in [-0.1, -0.05) is 0 Å². The second-order valence-electron chi connectivity index (χ2n) is 5.33. The van der Waals surface area contributed by atoms with E-state index in [0.29, 0.717) is 26.1 Å². The van der Waals surface area contributed by atoms with Crippen molar-refractivity contribution in [2.45, 2.75) is 38.6 Å². The Morgan fingerprint density at radius 2 is 2.00 bits per heavy atom. The van der Waals surface area contributed by atoms with Crippen molar-refractivity contribution in [3.05, 3.63) is 0 Å². The molecule has 1 atom stereocenters. The lowest BCUT2D eigenvalue weighted by Gasteiger charge is -2.30. The summed E-state index contributed by atoms with van der Waals surface area (Å²) in [5, 5.41) is 5.73. The normalized spacial score (nSPS) is 24.2. The summed E-state index contributed by atoms with van der Waals surface area (Å²) in [7, 11) is 0. The molecule has 19 heavy (non-hydrogen) atoms. The first-order valence-corrected chi connectivity index (χ1v) is 6.89. The Labute approximate surface area is 112 Å². The van der Waals surface area contributed by atoms with Crippen molar-refractivity contribution in [3.8, 4) is 0 Å². The van der Waals surface area contributed by atoms with Gasteiger partial charge in [-0.15, -0.1) is 0 Å². The van der Waals surface area contributed by atoms with Gasteiger partial charge >= 0.3 is 0 Å². The highest BCUT2D eigenvalue weighted by atomic mass is 16.2. The number of hydrogen-bond donors (Lipinski definition) is 2. The summed E-state index contributed by atoms with van der Waals surface area (Å²) in [5.74, 6) is 0.179. The van der Waals surface area contributed by atoms with Gasteiger partial charge in [0.2, 0.25) is 17.7 Å². The summed E-state index contributed by atoms with van der Waals surface area (Å²) in [6.45, 7) is 3.39. The lowest BCUT2D eigenvalue weighted by Crippen LogP contribution is -2.45. The van der Waals surface area contributed by atoms with Crippen molar-refractivity contribution >= 4 is 17.7 Å². The first-order valence-electron chi connectivity index (χ1n) is 6.89. The number of piperidine rings is 1. The van der Waals surface area contributed by atoms with Gasteiger partial charge in [0, 0.05) is 44.9 Å². The zero-order valence-electron chi connectivity index (χ0n) is 11.3. The molecule has 0 aliphatic carbocycles. The van der Waals surface area contributed by atoms with Crippen LogP contribution in [-0.4, -0.2) is 48.3 Å². The molecule has 0 bridgehead atoms. The van der Waals surface area contributed by atoms with Crippen LogP contribution >= 0.6 is 0 Å². The number of carbonyl (C=O) groups excluding carboxylic acids is 3. The standard InChI is InChI=1S/C13H21N3O3/c1-9(17)16-6-4-10(5-7-16)13(19)14-8-11-2-3-12(18)15-11/h10-11H,2-8H2,1H3,(H,14,19)(H,15,18). The molecular formula is C13H21N3O3. The SMILES string of the molecule is CC(=O)N1CCC(C(=O)NCC2CCC(=O)N2)CC1. The minimum atomic E-state index is -0.00676. The van der Waals surface area contributed by atoms with E-state index in [1.54, 1.807) is 11.8 Å². The van der Waals surface area contributed by atoms with E-state index in [9.17, 15) is 14.4 Å². The van der Waals surface area contributed by atoms with E-state index in [2.05, 4.69) is 10.6 Å². The van der Waals surface area contributed by atoms with Gasteiger partial charge in [0.15, 0.2) is 0 Å². The van der Waals surface area contributed by atoms with Crippen molar-refractivity contribution < 1.29 is 14.4 Å². The zero-order valence-corrected chi connectivity index (χ0v) is 11.3. The van der Waals surface area contributed by atoms with Gasteiger partial charge in [-0.05, 0) is 19.3 Å². The molecule has 106 valence electrons. The third-order valence-electron chi connectivity index (χ3n) is 3.92. The van der Waals surface area contributed by atoms with Gasteiger partial charge in [-0.25, -0.2) is 0 Å². The van der Waals surface area contributed by atoms with E-state index in [-0.39, 0.29) is 29.7 Å². The van der Waals surface area contributed by atoms with Crippen molar-refractivity contribution in [1.82, 2.24) is 15.5 Å². The zero-order chi connectivity index (χ0) is 13.8. The topological polar surface area (TPSA) is 78.5 Å². The highest BCUT2D eigenvalue weighted by Gasteiger charge is 2.27. The average Bonchev–Trinajstić information content (AvgIpc) is 2.82. The Kier molecular flexibility index (Phi) is 4.39. The summed E-state index contributed by atoms with van der Waals surface area (Å²) in [6, 6.07) is 0.0776. The van der Waals surface area contributed by atoms with Crippen molar-refractivity contribution in [3.63, 3.8) is 0 Å². The third-order valence-corrected chi connectivity index (χ3v) is 3.92. The number of nitrogens with zero attached hydrogens (tertiary/aromatic N) is 1. The van der Waals surface area contributed by atoms with Crippen LogP contribution < -0.4 is 10.6 Å².